The third kappa shape index (κ3) is 4.07. The van der Waals surface area contributed by atoms with Crippen LogP contribution in [0.1, 0.15) is 0 Å². The van der Waals surface area contributed by atoms with E-state index in [0.717, 1.165) is 55.6 Å². The second kappa shape index (κ2) is 8.01. The van der Waals surface area contributed by atoms with E-state index in [2.05, 4.69) is 38.3 Å². The van der Waals surface area contributed by atoms with E-state index in [0.29, 0.717) is 10.0 Å². The monoisotopic (exact) mass is 406 g/mol. The molecule has 1 fully saturated rings. The van der Waals surface area contributed by atoms with Gasteiger partial charge in [-0.2, -0.15) is 0 Å². The Morgan fingerprint density at radius 1 is 1.00 bits per heavy atom. The first-order valence-electron chi connectivity index (χ1n) is 8.71. The zero-order chi connectivity index (χ0) is 17.9. The van der Waals surface area contributed by atoms with Crippen molar-refractivity contribution in [2.24, 2.45) is 0 Å². The van der Waals surface area contributed by atoms with Crippen LogP contribution >= 0.6 is 34.5 Å². The third-order valence-corrected chi connectivity index (χ3v) is 6.37. The van der Waals surface area contributed by atoms with E-state index >= 15 is 0 Å². The minimum absolute atomic E-state index is 0.606. The normalized spacial score (nSPS) is 15.5. The number of anilines is 2. The molecule has 1 aliphatic rings. The Balaban J connectivity index is 1.25. The maximum atomic E-state index is 6.14. The number of hydrogen-bond donors (Lipinski definition) is 1. The fourth-order valence-corrected chi connectivity index (χ4v) is 4.36. The van der Waals surface area contributed by atoms with Crippen LogP contribution in [0.5, 0.6) is 0 Å². The number of aromatic nitrogens is 1. The molecule has 0 amide bonds. The molecule has 26 heavy (non-hydrogen) atoms. The molecule has 1 aromatic heterocycles. The molecule has 0 radical (unpaired) electrons. The van der Waals surface area contributed by atoms with Gasteiger partial charge in [0.05, 0.1) is 20.3 Å². The Hall–Kier alpha value is -1.53. The number of benzene rings is 2. The Bertz CT molecular complexity index is 857. The number of hydrogen-bond acceptors (Lipinski definition) is 5. The lowest BCUT2D eigenvalue weighted by Gasteiger charge is -2.36. The van der Waals surface area contributed by atoms with Gasteiger partial charge in [0.25, 0.3) is 0 Å². The fraction of sp³-hybridized carbons (Fsp3) is 0.316. The molecule has 1 N–H and O–H groups in total. The van der Waals surface area contributed by atoms with Crippen LogP contribution in [0.2, 0.25) is 10.0 Å². The zero-order valence-corrected chi connectivity index (χ0v) is 16.6. The average Bonchev–Trinajstić information content (AvgIpc) is 3.07. The van der Waals surface area contributed by atoms with Gasteiger partial charge in [0.15, 0.2) is 5.13 Å². The first-order valence-corrected chi connectivity index (χ1v) is 10.3. The molecule has 2 heterocycles. The van der Waals surface area contributed by atoms with Crippen LogP contribution in [0.25, 0.3) is 10.2 Å². The first kappa shape index (κ1) is 17.9. The lowest BCUT2D eigenvalue weighted by Crippen LogP contribution is -2.47. The van der Waals surface area contributed by atoms with Gasteiger partial charge in [0.2, 0.25) is 0 Å². The lowest BCUT2D eigenvalue weighted by molar-refractivity contribution is 0.267. The number of nitrogens with zero attached hydrogens (tertiary/aromatic N) is 3. The molecular formula is C19H20Cl2N4S. The fourth-order valence-electron chi connectivity index (χ4n) is 3.18. The molecule has 136 valence electrons. The molecule has 0 bridgehead atoms. The van der Waals surface area contributed by atoms with Crippen LogP contribution in [-0.4, -0.2) is 49.2 Å². The largest absolute Gasteiger partial charge is 0.369 e. The number of thiazole rings is 1. The minimum Gasteiger partial charge on any atom is -0.369 e. The maximum Gasteiger partial charge on any atom is 0.183 e. The molecule has 7 heteroatoms. The van der Waals surface area contributed by atoms with E-state index in [4.69, 9.17) is 23.2 Å². The summed E-state index contributed by atoms with van der Waals surface area (Å²) in [5, 5.41) is 5.68. The van der Waals surface area contributed by atoms with Crippen LogP contribution in [0, 0.1) is 0 Å². The van der Waals surface area contributed by atoms with Crippen LogP contribution in [0.3, 0.4) is 0 Å². The quantitative estimate of drug-likeness (QED) is 0.656. The SMILES string of the molecule is Clc1ccc(N2CCN(CCNc3nc4ccccc4s3)CC2)cc1Cl. The smallest absolute Gasteiger partial charge is 0.183 e. The topological polar surface area (TPSA) is 31.4 Å². The predicted octanol–water partition coefficient (Wildman–Crippen LogP) is 4.84. The highest BCUT2D eigenvalue weighted by Crippen LogP contribution is 2.28. The van der Waals surface area contributed by atoms with Crippen LogP contribution in [-0.2, 0) is 0 Å². The molecule has 4 rings (SSSR count). The predicted molar refractivity (Wildman–Crippen MR) is 113 cm³/mol. The molecule has 0 saturated carbocycles. The van der Waals surface area contributed by atoms with Gasteiger partial charge in [-0.05, 0) is 30.3 Å². The molecule has 3 aromatic rings. The molecule has 2 aromatic carbocycles. The van der Waals surface area contributed by atoms with Gasteiger partial charge in [-0.3, -0.25) is 4.90 Å². The first-order chi connectivity index (χ1) is 12.7. The van der Waals surface area contributed by atoms with Gasteiger partial charge in [-0.25, -0.2) is 4.98 Å². The summed E-state index contributed by atoms with van der Waals surface area (Å²) < 4.78 is 1.23. The van der Waals surface area contributed by atoms with Gasteiger partial charge in [-0.15, -0.1) is 0 Å². The molecule has 0 spiro atoms. The molecule has 1 aliphatic heterocycles. The highest BCUT2D eigenvalue weighted by Gasteiger charge is 2.17. The number of piperazine rings is 1. The van der Waals surface area contributed by atoms with Gasteiger partial charge in [0.1, 0.15) is 0 Å². The molecular weight excluding hydrogens is 387 g/mol. The van der Waals surface area contributed by atoms with Crippen molar-refractivity contribution in [2.45, 2.75) is 0 Å². The highest BCUT2D eigenvalue weighted by molar-refractivity contribution is 7.22. The Morgan fingerprint density at radius 2 is 1.81 bits per heavy atom. The lowest BCUT2D eigenvalue weighted by atomic mass is 10.2. The standard InChI is InChI=1S/C19H20Cl2N4S/c20-15-6-5-14(13-16(15)21)25-11-9-24(10-12-25)8-7-22-19-23-17-3-1-2-4-18(17)26-19/h1-6,13H,7-12H2,(H,22,23). The van der Waals surface area contributed by atoms with E-state index in [1.165, 1.54) is 4.70 Å². The minimum atomic E-state index is 0.606. The second-order valence-corrected chi connectivity index (χ2v) is 8.19. The molecule has 0 unspecified atom stereocenters. The van der Waals surface area contributed by atoms with E-state index in [1.807, 2.05) is 24.3 Å². The van der Waals surface area contributed by atoms with Crippen molar-refractivity contribution in [3.8, 4) is 0 Å². The summed E-state index contributed by atoms with van der Waals surface area (Å²) in [6, 6.07) is 14.1. The van der Waals surface area contributed by atoms with Gasteiger partial charge < -0.3 is 10.2 Å². The van der Waals surface area contributed by atoms with Crippen molar-refractivity contribution in [1.82, 2.24) is 9.88 Å². The van der Waals surface area contributed by atoms with Crippen LogP contribution < -0.4 is 10.2 Å². The van der Waals surface area contributed by atoms with E-state index in [-0.39, 0.29) is 0 Å². The zero-order valence-electron chi connectivity index (χ0n) is 14.3. The Morgan fingerprint density at radius 3 is 2.58 bits per heavy atom. The summed E-state index contributed by atoms with van der Waals surface area (Å²) in [5.74, 6) is 0. The summed E-state index contributed by atoms with van der Waals surface area (Å²) in [5.41, 5.74) is 2.21. The number of rotatable bonds is 5. The highest BCUT2D eigenvalue weighted by atomic mass is 35.5. The summed E-state index contributed by atoms with van der Waals surface area (Å²) in [6.07, 6.45) is 0. The van der Waals surface area contributed by atoms with Gasteiger partial charge >= 0.3 is 0 Å². The number of fused-ring (bicyclic) bond motifs is 1. The number of halogens is 2. The van der Waals surface area contributed by atoms with Gasteiger partial charge in [-0.1, -0.05) is 46.7 Å². The molecule has 4 nitrogen and oxygen atoms in total. The number of nitrogens with one attached hydrogen (secondary N) is 1. The van der Waals surface area contributed by atoms with Crippen LogP contribution in [0.4, 0.5) is 10.8 Å². The van der Waals surface area contributed by atoms with Crippen molar-refractivity contribution in [3.63, 3.8) is 0 Å². The van der Waals surface area contributed by atoms with Crippen molar-refractivity contribution < 1.29 is 0 Å². The van der Waals surface area contributed by atoms with Gasteiger partial charge in [0, 0.05) is 45.0 Å². The molecule has 0 atom stereocenters. The van der Waals surface area contributed by atoms with E-state index in [9.17, 15) is 0 Å². The second-order valence-electron chi connectivity index (χ2n) is 6.34. The summed E-state index contributed by atoms with van der Waals surface area (Å²) in [6.45, 7) is 6.01. The van der Waals surface area contributed by atoms with Crippen molar-refractivity contribution >= 4 is 55.6 Å². The maximum absolute atomic E-state index is 6.14. The Labute approximate surface area is 167 Å². The van der Waals surface area contributed by atoms with Crippen molar-refractivity contribution in [1.29, 1.82) is 0 Å². The van der Waals surface area contributed by atoms with E-state index in [1.54, 1.807) is 11.3 Å². The number of para-hydroxylation sites is 1. The molecule has 0 aliphatic carbocycles. The van der Waals surface area contributed by atoms with Crippen molar-refractivity contribution in [3.05, 3.63) is 52.5 Å². The third-order valence-electron chi connectivity index (χ3n) is 4.64. The summed E-state index contributed by atoms with van der Waals surface area (Å²) >= 11 is 13.9. The van der Waals surface area contributed by atoms with Crippen molar-refractivity contribution in [2.75, 3.05) is 49.5 Å². The van der Waals surface area contributed by atoms with E-state index < -0.39 is 0 Å². The Kier molecular flexibility index (Phi) is 5.50. The molecule has 1 saturated heterocycles. The average molecular weight is 407 g/mol. The summed E-state index contributed by atoms with van der Waals surface area (Å²) in [7, 11) is 0. The summed E-state index contributed by atoms with van der Waals surface area (Å²) in [4.78, 5) is 9.46. The van der Waals surface area contributed by atoms with Crippen LogP contribution in [0.15, 0.2) is 42.5 Å².